The smallest absolute Gasteiger partial charge is 0.386 e. The molecule has 0 spiro atoms. The lowest BCUT2D eigenvalue weighted by molar-refractivity contribution is -0.0316. The Morgan fingerprint density at radius 2 is 2.29 bits per heavy atom. The number of aromatic nitrogens is 1. The minimum atomic E-state index is -4.75. The van der Waals surface area contributed by atoms with Crippen LogP contribution in [-0.4, -0.2) is 58.4 Å². The number of hydroxylamine groups is 2. The van der Waals surface area contributed by atoms with E-state index in [1.165, 1.54) is 4.90 Å². The van der Waals surface area contributed by atoms with E-state index in [-0.39, 0.29) is 6.54 Å². The minimum absolute atomic E-state index is 0.266. The zero-order valence-corrected chi connectivity index (χ0v) is 13.5. The number of rotatable bonds is 5. The van der Waals surface area contributed by atoms with Crippen LogP contribution >= 0.6 is 0 Å². The number of fused-ring (bicyclic) bond motifs is 2. The van der Waals surface area contributed by atoms with Gasteiger partial charge in [0.2, 0.25) is 0 Å². The Morgan fingerprint density at radius 3 is 2.96 bits per heavy atom. The molecule has 10 nitrogen and oxygen atoms in total. The molecule has 3 N–H and O–H groups in total. The fourth-order valence-electron chi connectivity index (χ4n) is 2.92. The van der Waals surface area contributed by atoms with Crippen molar-refractivity contribution in [3.8, 4) is 0 Å². The molecule has 130 valence electrons. The van der Waals surface area contributed by atoms with E-state index < -0.39 is 28.5 Å². The second-order valence-corrected chi connectivity index (χ2v) is 6.62. The van der Waals surface area contributed by atoms with Crippen LogP contribution < -0.4 is 5.73 Å². The minimum Gasteiger partial charge on any atom is -0.386 e. The highest BCUT2D eigenvalue weighted by molar-refractivity contribution is 7.80. The first kappa shape index (κ1) is 16.6. The Bertz CT molecular complexity index is 753. The van der Waals surface area contributed by atoms with Gasteiger partial charge < -0.3 is 10.6 Å². The van der Waals surface area contributed by atoms with Crippen LogP contribution in [0.2, 0.25) is 0 Å². The number of hydrogen-bond donors (Lipinski definition) is 2. The molecule has 2 atom stereocenters. The van der Waals surface area contributed by atoms with Gasteiger partial charge in [0, 0.05) is 18.9 Å². The summed E-state index contributed by atoms with van der Waals surface area (Å²) in [6.07, 6.45) is 4.36. The van der Waals surface area contributed by atoms with Crippen molar-refractivity contribution < 1.29 is 22.0 Å². The number of nitrogens with two attached hydrogens (primary N) is 1. The summed E-state index contributed by atoms with van der Waals surface area (Å²) in [6, 6.07) is 2.13. The Balaban J connectivity index is 1.71. The highest BCUT2D eigenvalue weighted by atomic mass is 32.3. The van der Waals surface area contributed by atoms with Crippen molar-refractivity contribution in [2.75, 3.05) is 6.54 Å². The number of urea groups is 1. The number of hydrogen-bond acceptors (Lipinski definition) is 6. The summed E-state index contributed by atoms with van der Waals surface area (Å²) >= 11 is 0. The first-order chi connectivity index (χ1) is 11.3. The third-order valence-electron chi connectivity index (χ3n) is 4.01. The molecule has 0 unspecified atom stereocenters. The lowest BCUT2D eigenvalue weighted by atomic mass is 10.0. The number of piperidine rings is 1. The summed E-state index contributed by atoms with van der Waals surface area (Å²) in [4.78, 5) is 22.0. The standard InChI is InChI=1S/C13H17N5O5S/c14-12(16-7-9-2-1-5-15-6-9)11-4-3-10-8-17(11)13(19)18(10)23-24(20,21)22/h1-2,5-6,10-11H,3-4,7-8H2,(H2,14,16)(H,20,21,22)/t10-,11+/m1/s1. The van der Waals surface area contributed by atoms with Crippen LogP contribution in [-0.2, 0) is 21.2 Å². The van der Waals surface area contributed by atoms with Crippen LogP contribution in [0, 0.1) is 0 Å². The molecule has 2 amide bonds. The molecule has 0 aromatic carbocycles. The highest BCUT2D eigenvalue weighted by Gasteiger charge is 2.48. The predicted octanol–water partition coefficient (Wildman–Crippen LogP) is -0.0582. The maximum atomic E-state index is 12.3. The van der Waals surface area contributed by atoms with Gasteiger partial charge >= 0.3 is 16.4 Å². The summed E-state index contributed by atoms with van der Waals surface area (Å²) in [5.41, 5.74) is 6.91. The van der Waals surface area contributed by atoms with E-state index in [1.807, 2.05) is 6.07 Å². The van der Waals surface area contributed by atoms with E-state index in [9.17, 15) is 13.2 Å². The van der Waals surface area contributed by atoms with Crippen LogP contribution in [0.4, 0.5) is 4.79 Å². The molecular formula is C13H17N5O5S. The van der Waals surface area contributed by atoms with E-state index in [0.717, 1.165) is 5.56 Å². The number of carbonyl (C=O) groups is 1. The molecule has 3 rings (SSSR count). The summed E-state index contributed by atoms with van der Waals surface area (Å²) in [5.74, 6) is 0.291. The third kappa shape index (κ3) is 3.47. The molecule has 0 aliphatic carbocycles. The molecule has 1 aromatic rings. The summed E-state index contributed by atoms with van der Waals surface area (Å²) in [7, 11) is -4.75. The molecule has 24 heavy (non-hydrogen) atoms. The van der Waals surface area contributed by atoms with Gasteiger partial charge in [0.1, 0.15) is 5.84 Å². The van der Waals surface area contributed by atoms with Crippen molar-refractivity contribution in [2.24, 2.45) is 10.7 Å². The topological polar surface area (TPSA) is 138 Å². The van der Waals surface area contributed by atoms with E-state index in [4.69, 9.17) is 10.3 Å². The molecular weight excluding hydrogens is 338 g/mol. The van der Waals surface area contributed by atoms with E-state index in [1.54, 1.807) is 18.5 Å². The SMILES string of the molecule is NC(=NCc1cccnc1)[C@@H]1CC[C@@H]2CN1C(=O)N2OS(=O)(=O)O. The van der Waals surface area contributed by atoms with Gasteiger partial charge in [0.15, 0.2) is 0 Å². The molecule has 2 aliphatic heterocycles. The molecule has 2 saturated heterocycles. The molecule has 2 aliphatic rings. The third-order valence-corrected chi connectivity index (χ3v) is 4.35. The predicted molar refractivity (Wildman–Crippen MR) is 82.9 cm³/mol. The number of amides is 2. The fourth-order valence-corrected chi connectivity index (χ4v) is 3.31. The van der Waals surface area contributed by atoms with Crippen LogP contribution in [0.25, 0.3) is 0 Å². The van der Waals surface area contributed by atoms with Crippen molar-refractivity contribution >= 4 is 22.3 Å². The van der Waals surface area contributed by atoms with E-state index >= 15 is 0 Å². The zero-order chi connectivity index (χ0) is 17.3. The maximum Gasteiger partial charge on any atom is 0.418 e. The van der Waals surface area contributed by atoms with Gasteiger partial charge in [-0.1, -0.05) is 6.07 Å². The average Bonchev–Trinajstić information content (AvgIpc) is 2.77. The summed E-state index contributed by atoms with van der Waals surface area (Å²) in [5, 5.41) is 0.684. The highest BCUT2D eigenvalue weighted by Crippen LogP contribution is 2.30. The zero-order valence-electron chi connectivity index (χ0n) is 12.6. The van der Waals surface area contributed by atoms with E-state index in [0.29, 0.717) is 30.3 Å². The van der Waals surface area contributed by atoms with Gasteiger partial charge in [-0.25, -0.2) is 4.79 Å². The van der Waals surface area contributed by atoms with Crippen molar-refractivity contribution in [3.63, 3.8) is 0 Å². The molecule has 0 radical (unpaired) electrons. The lowest BCUT2D eigenvalue weighted by Crippen LogP contribution is -2.48. The molecule has 1 aromatic heterocycles. The van der Waals surface area contributed by atoms with Crippen molar-refractivity contribution in [1.29, 1.82) is 0 Å². The largest absolute Gasteiger partial charge is 0.418 e. The molecule has 3 heterocycles. The van der Waals surface area contributed by atoms with Crippen LogP contribution in [0.3, 0.4) is 0 Å². The number of amidine groups is 1. The van der Waals surface area contributed by atoms with Gasteiger partial charge in [0.25, 0.3) is 0 Å². The van der Waals surface area contributed by atoms with Gasteiger partial charge in [-0.2, -0.15) is 13.5 Å². The average molecular weight is 355 g/mol. The first-order valence-corrected chi connectivity index (χ1v) is 8.67. The van der Waals surface area contributed by atoms with Gasteiger partial charge in [-0.3, -0.25) is 14.5 Å². The molecule has 2 bridgehead atoms. The Morgan fingerprint density at radius 1 is 1.50 bits per heavy atom. The van der Waals surface area contributed by atoms with E-state index in [2.05, 4.69) is 14.3 Å². The number of aliphatic imine (C=N–C) groups is 1. The lowest BCUT2D eigenvalue weighted by Gasteiger charge is -2.29. The summed E-state index contributed by atoms with van der Waals surface area (Å²) in [6.45, 7) is 0.606. The van der Waals surface area contributed by atoms with Crippen molar-refractivity contribution in [3.05, 3.63) is 30.1 Å². The Kier molecular flexibility index (Phi) is 4.39. The second kappa shape index (κ2) is 6.34. The van der Waals surface area contributed by atoms with Crippen molar-refractivity contribution in [1.82, 2.24) is 14.9 Å². The second-order valence-electron chi connectivity index (χ2n) is 5.61. The van der Waals surface area contributed by atoms with Crippen LogP contribution in [0.15, 0.2) is 29.5 Å². The number of nitrogens with zero attached hydrogens (tertiary/aromatic N) is 4. The van der Waals surface area contributed by atoms with Gasteiger partial charge in [-0.05, 0) is 24.5 Å². The molecule has 2 fully saturated rings. The number of pyridine rings is 1. The van der Waals surface area contributed by atoms with Gasteiger partial charge in [0.05, 0.1) is 18.6 Å². The monoisotopic (exact) mass is 355 g/mol. The first-order valence-electron chi connectivity index (χ1n) is 7.31. The molecule has 0 saturated carbocycles. The Hall–Kier alpha value is -2.24. The number of carbonyl (C=O) groups excluding carboxylic acids is 1. The summed E-state index contributed by atoms with van der Waals surface area (Å²) < 4.78 is 34.9. The van der Waals surface area contributed by atoms with Crippen molar-refractivity contribution in [2.45, 2.75) is 31.5 Å². The van der Waals surface area contributed by atoms with Crippen LogP contribution in [0.1, 0.15) is 18.4 Å². The normalized spacial score (nSPS) is 24.5. The maximum absolute atomic E-state index is 12.3. The molecule has 11 heteroatoms. The fraction of sp³-hybridized carbons (Fsp3) is 0.462. The van der Waals surface area contributed by atoms with Gasteiger partial charge in [-0.15, -0.1) is 4.28 Å². The quantitative estimate of drug-likeness (QED) is 0.428. The Labute approximate surface area is 138 Å². The van der Waals surface area contributed by atoms with Crippen LogP contribution in [0.5, 0.6) is 0 Å².